The van der Waals surface area contributed by atoms with E-state index in [0.29, 0.717) is 17.0 Å². The SMILES string of the molecule is NS(=O)(=O)c1ccc(-c2oc(CC(=O)O)nc2-c2ccccc2)cc1. The molecular weight excluding hydrogens is 344 g/mol. The number of rotatable bonds is 5. The summed E-state index contributed by atoms with van der Waals surface area (Å²) >= 11 is 0. The van der Waals surface area contributed by atoms with Crippen molar-refractivity contribution in [2.75, 3.05) is 0 Å². The normalized spacial score (nSPS) is 11.4. The first-order chi connectivity index (χ1) is 11.8. The van der Waals surface area contributed by atoms with Gasteiger partial charge in [0.1, 0.15) is 12.1 Å². The Morgan fingerprint density at radius 1 is 1.04 bits per heavy atom. The molecule has 0 aliphatic heterocycles. The monoisotopic (exact) mass is 358 g/mol. The minimum absolute atomic E-state index is 0.0252. The van der Waals surface area contributed by atoms with Crippen molar-refractivity contribution >= 4 is 16.0 Å². The van der Waals surface area contributed by atoms with Crippen LogP contribution in [0.3, 0.4) is 0 Å². The smallest absolute Gasteiger partial charge is 0.312 e. The predicted molar refractivity (Wildman–Crippen MR) is 90.1 cm³/mol. The lowest BCUT2D eigenvalue weighted by atomic mass is 10.1. The molecule has 0 atom stereocenters. The molecule has 2 aromatic carbocycles. The molecule has 1 heterocycles. The van der Waals surface area contributed by atoms with Crippen LogP contribution in [-0.4, -0.2) is 24.5 Å². The van der Waals surface area contributed by atoms with Gasteiger partial charge in [-0.3, -0.25) is 4.79 Å². The first kappa shape index (κ1) is 16.9. The number of carboxylic acid groups (broad SMARTS) is 1. The van der Waals surface area contributed by atoms with E-state index in [4.69, 9.17) is 14.7 Å². The Bertz CT molecular complexity index is 1010. The molecule has 0 radical (unpaired) electrons. The van der Waals surface area contributed by atoms with Crippen molar-refractivity contribution in [2.24, 2.45) is 5.14 Å². The van der Waals surface area contributed by atoms with Gasteiger partial charge in [-0.25, -0.2) is 18.5 Å². The molecule has 0 aliphatic rings. The van der Waals surface area contributed by atoms with E-state index in [1.165, 1.54) is 24.3 Å². The van der Waals surface area contributed by atoms with E-state index in [1.54, 1.807) is 0 Å². The number of hydrogen-bond donors (Lipinski definition) is 2. The van der Waals surface area contributed by atoms with Gasteiger partial charge in [0.25, 0.3) is 0 Å². The zero-order valence-corrected chi connectivity index (χ0v) is 13.7. The fourth-order valence-electron chi connectivity index (χ4n) is 2.35. The molecule has 0 aliphatic carbocycles. The number of primary sulfonamides is 1. The van der Waals surface area contributed by atoms with Crippen molar-refractivity contribution < 1.29 is 22.7 Å². The van der Waals surface area contributed by atoms with Gasteiger partial charge >= 0.3 is 5.97 Å². The van der Waals surface area contributed by atoms with Gasteiger partial charge in [0.15, 0.2) is 5.76 Å². The van der Waals surface area contributed by atoms with Crippen LogP contribution in [0.15, 0.2) is 63.9 Å². The van der Waals surface area contributed by atoms with Crippen molar-refractivity contribution in [3.05, 3.63) is 60.5 Å². The summed E-state index contributed by atoms with van der Waals surface area (Å²) in [5.74, 6) is -0.628. The van der Waals surface area contributed by atoms with Crippen LogP contribution in [0.1, 0.15) is 5.89 Å². The van der Waals surface area contributed by atoms with Crippen molar-refractivity contribution in [3.63, 3.8) is 0 Å². The highest BCUT2D eigenvalue weighted by atomic mass is 32.2. The summed E-state index contributed by atoms with van der Waals surface area (Å²) in [5.41, 5.74) is 1.81. The molecule has 1 aromatic heterocycles. The summed E-state index contributed by atoms with van der Waals surface area (Å²) in [6.45, 7) is 0. The van der Waals surface area contributed by atoms with Crippen LogP contribution in [-0.2, 0) is 21.2 Å². The summed E-state index contributed by atoms with van der Waals surface area (Å²) in [7, 11) is -3.80. The number of hydrogen-bond acceptors (Lipinski definition) is 5. The highest BCUT2D eigenvalue weighted by molar-refractivity contribution is 7.89. The van der Waals surface area contributed by atoms with Crippen LogP contribution in [0.4, 0.5) is 0 Å². The minimum Gasteiger partial charge on any atom is -0.481 e. The predicted octanol–water partition coefficient (Wildman–Crippen LogP) is 2.28. The minimum atomic E-state index is -3.80. The van der Waals surface area contributed by atoms with Gasteiger partial charge in [0.2, 0.25) is 15.9 Å². The summed E-state index contributed by atoms with van der Waals surface area (Å²) < 4.78 is 28.4. The Morgan fingerprint density at radius 3 is 2.24 bits per heavy atom. The molecule has 0 amide bonds. The van der Waals surface area contributed by atoms with Gasteiger partial charge in [-0.05, 0) is 24.3 Å². The molecule has 3 N–H and O–H groups in total. The molecule has 3 aromatic rings. The molecule has 128 valence electrons. The third-order valence-electron chi connectivity index (χ3n) is 3.47. The molecule has 0 unspecified atom stereocenters. The van der Waals surface area contributed by atoms with Crippen LogP contribution >= 0.6 is 0 Å². The number of sulfonamides is 1. The average molecular weight is 358 g/mol. The third-order valence-corrected chi connectivity index (χ3v) is 4.40. The van der Waals surface area contributed by atoms with Gasteiger partial charge < -0.3 is 9.52 Å². The van der Waals surface area contributed by atoms with Gasteiger partial charge in [-0.2, -0.15) is 0 Å². The molecule has 8 heteroatoms. The summed E-state index contributed by atoms with van der Waals surface area (Å²) in [6, 6.07) is 15.0. The molecule has 0 saturated heterocycles. The quantitative estimate of drug-likeness (QED) is 0.721. The fourth-order valence-corrected chi connectivity index (χ4v) is 2.87. The number of benzene rings is 2. The lowest BCUT2D eigenvalue weighted by molar-refractivity contribution is -0.136. The van der Waals surface area contributed by atoms with E-state index in [0.717, 1.165) is 5.56 Å². The molecule has 0 saturated carbocycles. The van der Waals surface area contributed by atoms with Crippen molar-refractivity contribution in [2.45, 2.75) is 11.3 Å². The number of aromatic nitrogens is 1. The highest BCUT2D eigenvalue weighted by Gasteiger charge is 2.19. The zero-order valence-electron chi connectivity index (χ0n) is 12.9. The maximum atomic E-state index is 11.4. The number of oxazole rings is 1. The molecule has 25 heavy (non-hydrogen) atoms. The molecule has 0 spiro atoms. The summed E-state index contributed by atoms with van der Waals surface area (Å²) in [6.07, 6.45) is -0.352. The maximum absolute atomic E-state index is 11.4. The third kappa shape index (κ3) is 3.76. The Balaban J connectivity index is 2.11. The largest absolute Gasteiger partial charge is 0.481 e. The van der Waals surface area contributed by atoms with Gasteiger partial charge in [0.05, 0.1) is 4.90 Å². The first-order valence-electron chi connectivity index (χ1n) is 7.25. The van der Waals surface area contributed by atoms with Crippen LogP contribution < -0.4 is 5.14 Å². The molecule has 7 nitrogen and oxygen atoms in total. The number of nitrogens with two attached hydrogens (primary N) is 1. The van der Waals surface area contributed by atoms with Crippen LogP contribution in [0, 0.1) is 0 Å². The molecular formula is C17H14N2O5S. The van der Waals surface area contributed by atoms with Crippen molar-refractivity contribution in [1.29, 1.82) is 0 Å². The fraction of sp³-hybridized carbons (Fsp3) is 0.0588. The number of carboxylic acids is 1. The average Bonchev–Trinajstić information content (AvgIpc) is 2.98. The molecule has 0 fully saturated rings. The lowest BCUT2D eigenvalue weighted by Gasteiger charge is -2.03. The van der Waals surface area contributed by atoms with E-state index in [-0.39, 0.29) is 17.2 Å². The maximum Gasteiger partial charge on any atom is 0.312 e. The van der Waals surface area contributed by atoms with Crippen LogP contribution in [0.25, 0.3) is 22.6 Å². The molecule has 3 rings (SSSR count). The topological polar surface area (TPSA) is 123 Å². The number of aliphatic carboxylic acids is 1. The molecule has 0 bridgehead atoms. The van der Waals surface area contributed by atoms with E-state index < -0.39 is 16.0 Å². The summed E-state index contributed by atoms with van der Waals surface area (Å²) in [4.78, 5) is 15.2. The number of nitrogens with zero attached hydrogens (tertiary/aromatic N) is 1. The van der Waals surface area contributed by atoms with Crippen molar-refractivity contribution in [1.82, 2.24) is 4.98 Å². The van der Waals surface area contributed by atoms with E-state index in [2.05, 4.69) is 4.98 Å². The van der Waals surface area contributed by atoms with Gasteiger partial charge in [-0.1, -0.05) is 30.3 Å². The van der Waals surface area contributed by atoms with Gasteiger partial charge in [-0.15, -0.1) is 0 Å². The second-order valence-corrected chi connectivity index (χ2v) is 6.85. The Labute approximate surface area is 143 Å². The Hall–Kier alpha value is -2.97. The van der Waals surface area contributed by atoms with E-state index in [1.807, 2.05) is 30.3 Å². The Kier molecular flexibility index (Phi) is 4.39. The number of carbonyl (C=O) groups is 1. The summed E-state index contributed by atoms with van der Waals surface area (Å²) in [5, 5.41) is 14.1. The first-order valence-corrected chi connectivity index (χ1v) is 8.79. The van der Waals surface area contributed by atoms with Crippen LogP contribution in [0.2, 0.25) is 0 Å². The Morgan fingerprint density at radius 2 is 1.68 bits per heavy atom. The second-order valence-electron chi connectivity index (χ2n) is 5.29. The van der Waals surface area contributed by atoms with Gasteiger partial charge in [0, 0.05) is 11.1 Å². The van der Waals surface area contributed by atoms with Crippen LogP contribution in [0.5, 0.6) is 0 Å². The standard InChI is InChI=1S/C17H14N2O5S/c18-25(22,23)13-8-6-12(7-9-13)17-16(11-4-2-1-3-5-11)19-14(24-17)10-15(20)21/h1-9H,10H2,(H,20,21)(H2,18,22,23). The van der Waals surface area contributed by atoms with E-state index in [9.17, 15) is 13.2 Å². The van der Waals surface area contributed by atoms with E-state index >= 15 is 0 Å². The second kappa shape index (κ2) is 6.50. The highest BCUT2D eigenvalue weighted by Crippen LogP contribution is 2.33. The zero-order chi connectivity index (χ0) is 18.0. The lowest BCUT2D eigenvalue weighted by Crippen LogP contribution is -2.11. The van der Waals surface area contributed by atoms with Crippen molar-refractivity contribution in [3.8, 4) is 22.6 Å².